The third-order valence-electron chi connectivity index (χ3n) is 6.19. The summed E-state index contributed by atoms with van der Waals surface area (Å²) in [5.41, 5.74) is 4.81. The number of nitrogens with zero attached hydrogens (tertiary/aromatic N) is 3. The van der Waals surface area contributed by atoms with Gasteiger partial charge in [-0.25, -0.2) is 13.4 Å². The molecule has 0 radical (unpaired) electrons. The lowest BCUT2D eigenvalue weighted by Gasteiger charge is -2.38. The van der Waals surface area contributed by atoms with E-state index in [0.29, 0.717) is 18.0 Å². The number of rotatable bonds is 5. The van der Waals surface area contributed by atoms with Gasteiger partial charge in [0.25, 0.3) is 0 Å². The Kier molecular flexibility index (Phi) is 4.56. The molecule has 1 aliphatic heterocycles. The number of aryl methyl sites for hydroxylation is 3. The van der Waals surface area contributed by atoms with Crippen LogP contribution in [0.1, 0.15) is 40.5 Å². The van der Waals surface area contributed by atoms with Gasteiger partial charge in [0.15, 0.2) is 0 Å². The minimum absolute atomic E-state index is 0.136. The van der Waals surface area contributed by atoms with Crippen molar-refractivity contribution < 1.29 is 8.42 Å². The molecule has 5 nitrogen and oxygen atoms in total. The van der Waals surface area contributed by atoms with Crippen LogP contribution in [0.15, 0.2) is 59.6 Å². The predicted octanol–water partition coefficient (Wildman–Crippen LogP) is 3.52. The van der Waals surface area contributed by atoms with E-state index in [1.807, 2.05) is 36.5 Å². The molecule has 0 bridgehead atoms. The molecule has 1 aliphatic carbocycles. The van der Waals surface area contributed by atoms with E-state index in [-0.39, 0.29) is 5.92 Å². The fraction of sp³-hybridized carbons (Fsp3) is 0.348. The Morgan fingerprint density at radius 3 is 2.59 bits per heavy atom. The molecule has 0 amide bonds. The van der Waals surface area contributed by atoms with Gasteiger partial charge in [0, 0.05) is 37.4 Å². The first-order valence-corrected chi connectivity index (χ1v) is 11.6. The summed E-state index contributed by atoms with van der Waals surface area (Å²) in [6.07, 6.45) is 5.05. The standard InChI is InChI=1S/C23H25N3O2S/c1-17-13-24-23(26(17)14-18-6-3-2-4-7-18)21-15-25(16-21)29(27,28)22-11-10-19-8-5-9-20(19)12-22/h2-4,6-7,10-13,21H,5,8-9,14-16H2,1H3. The average molecular weight is 408 g/mol. The van der Waals surface area contributed by atoms with Crippen LogP contribution < -0.4 is 0 Å². The van der Waals surface area contributed by atoms with Gasteiger partial charge in [0.2, 0.25) is 10.0 Å². The second-order valence-corrected chi connectivity index (χ2v) is 10.1. The van der Waals surface area contributed by atoms with Crippen LogP contribution in [0.4, 0.5) is 0 Å². The molecule has 0 unspecified atom stereocenters. The maximum Gasteiger partial charge on any atom is 0.243 e. The SMILES string of the molecule is Cc1cnc(C2CN(S(=O)(=O)c3ccc4c(c3)CCC4)C2)n1Cc1ccccc1. The fourth-order valence-corrected chi connectivity index (χ4v) is 6.01. The van der Waals surface area contributed by atoms with Crippen molar-refractivity contribution in [1.82, 2.24) is 13.9 Å². The summed E-state index contributed by atoms with van der Waals surface area (Å²) in [4.78, 5) is 5.04. The highest BCUT2D eigenvalue weighted by Crippen LogP contribution is 2.33. The van der Waals surface area contributed by atoms with Crippen LogP contribution >= 0.6 is 0 Å². The normalized spacial score (nSPS) is 17.3. The Balaban J connectivity index is 1.33. The highest BCUT2D eigenvalue weighted by atomic mass is 32.2. The fourth-order valence-electron chi connectivity index (χ4n) is 4.43. The van der Waals surface area contributed by atoms with Crippen molar-refractivity contribution in [2.45, 2.75) is 43.5 Å². The molecule has 3 aromatic rings. The van der Waals surface area contributed by atoms with Gasteiger partial charge in [-0.2, -0.15) is 4.31 Å². The van der Waals surface area contributed by atoms with Crippen LogP contribution in [-0.2, 0) is 29.4 Å². The molecule has 1 aromatic heterocycles. The van der Waals surface area contributed by atoms with Crippen LogP contribution in [0, 0.1) is 6.92 Å². The molecule has 0 saturated carbocycles. The second kappa shape index (κ2) is 7.11. The van der Waals surface area contributed by atoms with Gasteiger partial charge in [-0.3, -0.25) is 0 Å². The average Bonchev–Trinajstić information content (AvgIpc) is 3.29. The lowest BCUT2D eigenvalue weighted by Crippen LogP contribution is -2.49. The first-order valence-electron chi connectivity index (χ1n) is 10.2. The van der Waals surface area contributed by atoms with Crippen LogP contribution in [0.3, 0.4) is 0 Å². The van der Waals surface area contributed by atoms with Crippen molar-refractivity contribution in [3.05, 3.63) is 82.9 Å². The summed E-state index contributed by atoms with van der Waals surface area (Å²) in [5, 5.41) is 0. The number of aromatic nitrogens is 2. The van der Waals surface area contributed by atoms with Crippen molar-refractivity contribution in [2.75, 3.05) is 13.1 Å². The molecule has 0 N–H and O–H groups in total. The molecule has 2 aliphatic rings. The Hall–Kier alpha value is -2.44. The van der Waals surface area contributed by atoms with Gasteiger partial charge < -0.3 is 4.57 Å². The van der Waals surface area contributed by atoms with Crippen molar-refractivity contribution in [2.24, 2.45) is 0 Å². The Morgan fingerprint density at radius 2 is 1.79 bits per heavy atom. The molecular formula is C23H25N3O2S. The number of sulfonamides is 1. The minimum atomic E-state index is -3.43. The lowest BCUT2D eigenvalue weighted by atomic mass is 10.0. The summed E-state index contributed by atoms with van der Waals surface area (Å²) < 4.78 is 29.9. The number of benzene rings is 2. The van der Waals surface area contributed by atoms with Gasteiger partial charge >= 0.3 is 0 Å². The van der Waals surface area contributed by atoms with Gasteiger partial charge in [-0.15, -0.1) is 0 Å². The largest absolute Gasteiger partial charge is 0.328 e. The maximum absolute atomic E-state index is 13.1. The first kappa shape index (κ1) is 18.6. The van der Waals surface area contributed by atoms with E-state index in [2.05, 4.69) is 28.6 Å². The summed E-state index contributed by atoms with van der Waals surface area (Å²) in [6.45, 7) is 3.79. The molecule has 5 rings (SSSR count). The second-order valence-electron chi connectivity index (χ2n) is 8.13. The maximum atomic E-state index is 13.1. The van der Waals surface area contributed by atoms with Gasteiger partial charge in [-0.1, -0.05) is 36.4 Å². The van der Waals surface area contributed by atoms with Gasteiger partial charge in [0.05, 0.1) is 4.90 Å². The molecule has 150 valence electrons. The molecule has 2 heterocycles. The van der Waals surface area contributed by atoms with Crippen molar-refractivity contribution in [1.29, 1.82) is 0 Å². The predicted molar refractivity (Wildman–Crippen MR) is 112 cm³/mol. The van der Waals surface area contributed by atoms with E-state index in [1.54, 1.807) is 10.4 Å². The Morgan fingerprint density at radius 1 is 1.03 bits per heavy atom. The lowest BCUT2D eigenvalue weighted by molar-refractivity contribution is 0.251. The monoisotopic (exact) mass is 407 g/mol. The first-order chi connectivity index (χ1) is 14.0. The molecule has 0 atom stereocenters. The van der Waals surface area contributed by atoms with E-state index >= 15 is 0 Å². The molecule has 1 saturated heterocycles. The number of imidazole rings is 1. The quantitative estimate of drug-likeness (QED) is 0.650. The van der Waals surface area contributed by atoms with E-state index in [0.717, 1.165) is 37.3 Å². The van der Waals surface area contributed by atoms with Crippen molar-refractivity contribution >= 4 is 10.0 Å². The van der Waals surface area contributed by atoms with Crippen molar-refractivity contribution in [3.8, 4) is 0 Å². The Labute approximate surface area is 172 Å². The van der Waals surface area contributed by atoms with Crippen molar-refractivity contribution in [3.63, 3.8) is 0 Å². The summed E-state index contributed by atoms with van der Waals surface area (Å²) in [6, 6.07) is 15.9. The smallest absolute Gasteiger partial charge is 0.243 e. The zero-order valence-electron chi connectivity index (χ0n) is 16.6. The topological polar surface area (TPSA) is 55.2 Å². The minimum Gasteiger partial charge on any atom is -0.328 e. The number of fused-ring (bicyclic) bond motifs is 1. The number of hydrogen-bond acceptors (Lipinski definition) is 3. The van der Waals surface area contributed by atoms with E-state index in [1.165, 1.54) is 16.7 Å². The van der Waals surface area contributed by atoms with Crippen LogP contribution in [0.2, 0.25) is 0 Å². The zero-order chi connectivity index (χ0) is 20.0. The molecule has 1 fully saturated rings. The zero-order valence-corrected chi connectivity index (χ0v) is 17.4. The van der Waals surface area contributed by atoms with E-state index in [4.69, 9.17) is 0 Å². The third-order valence-corrected chi connectivity index (χ3v) is 8.02. The van der Waals surface area contributed by atoms with Crippen LogP contribution in [0.25, 0.3) is 0 Å². The van der Waals surface area contributed by atoms with Gasteiger partial charge in [0.1, 0.15) is 5.82 Å². The third kappa shape index (κ3) is 3.30. The van der Waals surface area contributed by atoms with Crippen LogP contribution in [-0.4, -0.2) is 35.4 Å². The Bertz CT molecular complexity index is 1150. The summed E-state index contributed by atoms with van der Waals surface area (Å²) >= 11 is 0. The van der Waals surface area contributed by atoms with Crippen LogP contribution in [0.5, 0.6) is 0 Å². The van der Waals surface area contributed by atoms with Gasteiger partial charge in [-0.05, 0) is 55.0 Å². The molecule has 6 heteroatoms. The highest BCUT2D eigenvalue weighted by molar-refractivity contribution is 7.89. The van der Waals surface area contributed by atoms with E-state index in [9.17, 15) is 8.42 Å². The highest BCUT2D eigenvalue weighted by Gasteiger charge is 2.40. The molecule has 2 aromatic carbocycles. The summed E-state index contributed by atoms with van der Waals surface area (Å²) in [5.74, 6) is 1.11. The summed E-state index contributed by atoms with van der Waals surface area (Å²) in [7, 11) is -3.43. The molecule has 29 heavy (non-hydrogen) atoms. The molecule has 0 spiro atoms. The van der Waals surface area contributed by atoms with E-state index < -0.39 is 10.0 Å². The number of hydrogen-bond donors (Lipinski definition) is 0. The molecular weight excluding hydrogens is 382 g/mol.